The molecule has 2 aliphatic rings. The Morgan fingerprint density at radius 2 is 2.17 bits per heavy atom. The maximum atomic E-state index is 12.2. The molecule has 2 aliphatic heterocycles. The molecule has 1 N–H and O–H groups in total. The van der Waals surface area contributed by atoms with Crippen LogP contribution in [0.2, 0.25) is 0 Å². The van der Waals surface area contributed by atoms with Crippen LogP contribution in [-0.4, -0.2) is 50.6 Å². The zero-order valence-electron chi connectivity index (χ0n) is 15.9. The van der Waals surface area contributed by atoms with E-state index >= 15 is 0 Å². The van der Waals surface area contributed by atoms with Gasteiger partial charge in [0.05, 0.1) is 29.5 Å². The molecular weight excluding hydrogens is 412 g/mol. The van der Waals surface area contributed by atoms with E-state index in [9.17, 15) is 18.8 Å². The lowest BCUT2D eigenvalue weighted by molar-refractivity contribution is 0.151. The van der Waals surface area contributed by atoms with E-state index in [-0.39, 0.29) is 12.4 Å². The van der Waals surface area contributed by atoms with Gasteiger partial charge < -0.3 is 10.0 Å². The van der Waals surface area contributed by atoms with E-state index in [2.05, 4.69) is 16.0 Å². The fourth-order valence-corrected chi connectivity index (χ4v) is 5.70. The van der Waals surface area contributed by atoms with Gasteiger partial charge in [-0.05, 0) is 35.7 Å². The number of benzene rings is 1. The van der Waals surface area contributed by atoms with Crippen LogP contribution >= 0.6 is 11.6 Å². The largest absolute Gasteiger partial charge is 0.395 e. The summed E-state index contributed by atoms with van der Waals surface area (Å²) in [5, 5.41) is 18.6. The number of sulfonamides is 1. The van der Waals surface area contributed by atoms with Gasteiger partial charge in [-0.1, -0.05) is 6.07 Å². The third kappa shape index (κ3) is 3.23. The van der Waals surface area contributed by atoms with Crippen molar-refractivity contribution in [1.82, 2.24) is 4.98 Å². The first-order valence-corrected chi connectivity index (χ1v) is 11.3. The van der Waals surface area contributed by atoms with Gasteiger partial charge >= 0.3 is 0 Å². The highest BCUT2D eigenvalue weighted by Crippen LogP contribution is 2.41. The van der Waals surface area contributed by atoms with Crippen molar-refractivity contribution in [3.63, 3.8) is 0 Å². The average molecular weight is 433 g/mol. The van der Waals surface area contributed by atoms with E-state index in [0.717, 1.165) is 22.4 Å². The minimum Gasteiger partial charge on any atom is -0.395 e. The minimum atomic E-state index is -3.30. The molecule has 9 heteroatoms. The average Bonchev–Trinajstić information content (AvgIpc) is 2.96. The van der Waals surface area contributed by atoms with Gasteiger partial charge in [0.1, 0.15) is 5.41 Å². The molecular formula is C20H21ClN4O3S. The van der Waals surface area contributed by atoms with Crippen molar-refractivity contribution < 1.29 is 13.5 Å². The zero-order valence-corrected chi connectivity index (χ0v) is 17.5. The van der Waals surface area contributed by atoms with Crippen LogP contribution in [0.15, 0.2) is 36.7 Å². The van der Waals surface area contributed by atoms with Gasteiger partial charge in [-0.15, -0.1) is 11.6 Å². The Morgan fingerprint density at radius 3 is 2.86 bits per heavy atom. The van der Waals surface area contributed by atoms with Crippen molar-refractivity contribution >= 4 is 33.0 Å². The van der Waals surface area contributed by atoms with Crippen LogP contribution in [0.3, 0.4) is 0 Å². The first-order valence-electron chi connectivity index (χ1n) is 9.26. The van der Waals surface area contributed by atoms with Gasteiger partial charge in [0, 0.05) is 43.8 Å². The number of rotatable bonds is 3. The lowest BCUT2D eigenvalue weighted by Crippen LogP contribution is -2.50. The van der Waals surface area contributed by atoms with Gasteiger partial charge in [-0.25, -0.2) is 8.42 Å². The van der Waals surface area contributed by atoms with Crippen molar-refractivity contribution in [2.24, 2.45) is 5.41 Å². The second-order valence-corrected chi connectivity index (χ2v) is 10.1. The molecule has 0 bridgehead atoms. The number of halogens is 1. The molecule has 1 aromatic heterocycles. The van der Waals surface area contributed by atoms with E-state index < -0.39 is 20.8 Å². The van der Waals surface area contributed by atoms with Crippen LogP contribution in [0.1, 0.15) is 12.0 Å². The van der Waals surface area contributed by atoms with Gasteiger partial charge in [0.25, 0.3) is 0 Å². The predicted molar refractivity (Wildman–Crippen MR) is 112 cm³/mol. The minimum absolute atomic E-state index is 0.0169. The van der Waals surface area contributed by atoms with Crippen LogP contribution in [0.25, 0.3) is 11.1 Å². The predicted octanol–water partition coefficient (Wildman–Crippen LogP) is 2.35. The molecule has 3 heterocycles. The molecule has 2 unspecified atom stereocenters. The molecule has 0 spiro atoms. The molecule has 1 aromatic carbocycles. The summed E-state index contributed by atoms with van der Waals surface area (Å²) in [5.41, 5.74) is 3.20. The lowest BCUT2D eigenvalue weighted by atomic mass is 9.80. The quantitative estimate of drug-likeness (QED) is 0.747. The molecule has 4 rings (SSSR count). The maximum absolute atomic E-state index is 12.2. The highest BCUT2D eigenvalue weighted by molar-refractivity contribution is 7.92. The summed E-state index contributed by atoms with van der Waals surface area (Å²) in [7, 11) is -1.74. The molecule has 2 atom stereocenters. The number of piperidine rings is 1. The molecule has 0 radical (unpaired) electrons. The number of fused-ring (bicyclic) bond motifs is 1. The van der Waals surface area contributed by atoms with Crippen LogP contribution in [0, 0.1) is 16.7 Å². The number of hydrogen-bond acceptors (Lipinski definition) is 6. The van der Waals surface area contributed by atoms with Crippen molar-refractivity contribution in [3.8, 4) is 17.2 Å². The summed E-state index contributed by atoms with van der Waals surface area (Å²) in [6, 6.07) is 9.70. The normalized spacial score (nSPS) is 25.5. The summed E-state index contributed by atoms with van der Waals surface area (Å²) in [4.78, 5) is 6.35. The molecule has 7 nitrogen and oxygen atoms in total. The Bertz CT molecular complexity index is 1100. The number of aliphatic hydroxyl groups is 1. The van der Waals surface area contributed by atoms with Crippen LogP contribution < -0.4 is 9.21 Å². The maximum Gasteiger partial charge on any atom is 0.239 e. The Balaban J connectivity index is 1.69. The highest BCUT2D eigenvalue weighted by Gasteiger charge is 2.42. The van der Waals surface area contributed by atoms with Gasteiger partial charge in [-0.3, -0.25) is 9.29 Å². The highest BCUT2D eigenvalue weighted by atomic mass is 35.5. The van der Waals surface area contributed by atoms with E-state index in [0.29, 0.717) is 25.2 Å². The molecule has 0 aliphatic carbocycles. The number of alkyl halides is 1. The topological polar surface area (TPSA) is 97.5 Å². The second-order valence-electron chi connectivity index (χ2n) is 7.55. The number of aliphatic hydroxyl groups excluding tert-OH is 1. The summed E-state index contributed by atoms with van der Waals surface area (Å²) in [5.74, 6) is -0.0169. The number of nitriles is 1. The number of hydrogen-bond donors (Lipinski definition) is 1. The fraction of sp³-hybridized carbons (Fsp3) is 0.400. The van der Waals surface area contributed by atoms with Crippen LogP contribution in [0.4, 0.5) is 11.4 Å². The first kappa shape index (κ1) is 20.0. The SMILES string of the molecule is CN1c2ccc(-c3cnccc3N3CCC(C#N)(CO)C(Cl)C3)cc2CS1(=O)=O. The Hall–Kier alpha value is -2.34. The standard InChI is InChI=1S/C20H21ClN4O3S/c1-24-17-3-2-14(8-15(17)11-29(24,27)28)16-9-23-6-4-18(16)25-7-5-20(12-22,13-26)19(21)10-25/h2-4,6,8-9,19,26H,5,7,10-11,13H2,1H3. The van der Waals surface area contributed by atoms with Crippen molar-refractivity contribution in [2.45, 2.75) is 17.6 Å². The molecule has 2 aromatic rings. The Morgan fingerprint density at radius 1 is 1.38 bits per heavy atom. The van der Waals surface area contributed by atoms with E-state index in [4.69, 9.17) is 11.6 Å². The number of nitrogens with zero attached hydrogens (tertiary/aromatic N) is 4. The van der Waals surface area contributed by atoms with Crippen LogP contribution in [0.5, 0.6) is 0 Å². The lowest BCUT2D eigenvalue weighted by Gasteiger charge is -2.41. The summed E-state index contributed by atoms with van der Waals surface area (Å²) < 4.78 is 25.7. The van der Waals surface area contributed by atoms with Gasteiger partial charge in [-0.2, -0.15) is 5.26 Å². The monoisotopic (exact) mass is 432 g/mol. The second kappa shape index (κ2) is 7.17. The third-order valence-corrected chi connectivity index (χ3v) is 8.20. The zero-order chi connectivity index (χ0) is 20.8. The molecule has 29 heavy (non-hydrogen) atoms. The van der Waals surface area contributed by atoms with Gasteiger partial charge in [0.15, 0.2) is 0 Å². The molecule has 0 saturated carbocycles. The fourth-order valence-electron chi connectivity index (χ4n) is 4.01. The smallest absolute Gasteiger partial charge is 0.239 e. The number of anilines is 2. The Kier molecular flexibility index (Phi) is 4.93. The first-order chi connectivity index (χ1) is 13.8. The van der Waals surface area contributed by atoms with Crippen molar-refractivity contribution in [2.75, 3.05) is 35.9 Å². The number of pyridine rings is 1. The van der Waals surface area contributed by atoms with Crippen molar-refractivity contribution in [1.29, 1.82) is 5.26 Å². The number of aromatic nitrogens is 1. The van der Waals surface area contributed by atoms with Gasteiger partial charge in [0.2, 0.25) is 10.0 Å². The van der Waals surface area contributed by atoms with Crippen LogP contribution in [-0.2, 0) is 15.8 Å². The van der Waals surface area contributed by atoms with E-state index in [1.807, 2.05) is 24.3 Å². The summed E-state index contributed by atoms with van der Waals surface area (Å²) >= 11 is 6.49. The third-order valence-electron chi connectivity index (χ3n) is 5.94. The Labute approximate surface area is 175 Å². The summed E-state index contributed by atoms with van der Waals surface area (Å²) in [6.07, 6.45) is 3.92. The molecule has 0 amide bonds. The van der Waals surface area contributed by atoms with E-state index in [1.54, 1.807) is 19.4 Å². The van der Waals surface area contributed by atoms with Crippen molar-refractivity contribution in [3.05, 3.63) is 42.2 Å². The molecule has 1 fully saturated rings. The molecule has 1 saturated heterocycles. The molecule has 152 valence electrons. The summed E-state index contributed by atoms with van der Waals surface area (Å²) in [6.45, 7) is 0.743. The van der Waals surface area contributed by atoms with E-state index in [1.165, 1.54) is 4.31 Å².